The van der Waals surface area contributed by atoms with Gasteiger partial charge in [0, 0.05) is 30.5 Å². The van der Waals surface area contributed by atoms with Gasteiger partial charge in [0.25, 0.3) is 0 Å². The Morgan fingerprint density at radius 3 is 3.00 bits per heavy atom. The Balaban J connectivity index is 2.04. The van der Waals surface area contributed by atoms with Gasteiger partial charge in [0.2, 0.25) is 0 Å². The lowest BCUT2D eigenvalue weighted by molar-refractivity contribution is -0.0208. The van der Waals surface area contributed by atoms with Crippen LogP contribution in [0.1, 0.15) is 11.3 Å². The van der Waals surface area contributed by atoms with E-state index in [-0.39, 0.29) is 6.10 Å². The quantitative estimate of drug-likeness (QED) is 0.907. The predicted octanol–water partition coefficient (Wildman–Crippen LogP) is 1.42. The van der Waals surface area contributed by atoms with Gasteiger partial charge in [-0.2, -0.15) is 16.9 Å². The monoisotopic (exact) mass is 276 g/mol. The van der Waals surface area contributed by atoms with E-state index < -0.39 is 6.10 Å². The minimum atomic E-state index is -0.511. The predicted molar refractivity (Wildman–Crippen MR) is 69.7 cm³/mol. The Bertz CT molecular complexity index is 391. The van der Waals surface area contributed by atoms with E-state index in [0.717, 1.165) is 22.8 Å². The first kappa shape index (κ1) is 13.2. The molecule has 2 heterocycles. The number of hydrogen-bond donors (Lipinski definition) is 1. The Hall–Kier alpha value is -0.230. The highest BCUT2D eigenvalue weighted by Crippen LogP contribution is 2.23. The summed E-state index contributed by atoms with van der Waals surface area (Å²) in [6, 6.07) is 0. The Labute approximate surface area is 110 Å². The van der Waals surface area contributed by atoms with Gasteiger partial charge in [-0.05, 0) is 6.92 Å². The molecule has 2 rings (SSSR count). The van der Waals surface area contributed by atoms with Crippen LogP contribution in [0.4, 0.5) is 0 Å². The van der Waals surface area contributed by atoms with Gasteiger partial charge in [0.1, 0.15) is 5.15 Å². The second-order valence-corrected chi connectivity index (χ2v) is 5.74. The van der Waals surface area contributed by atoms with E-state index >= 15 is 0 Å². The molecule has 4 nitrogen and oxygen atoms in total. The minimum absolute atomic E-state index is 0.0931. The molecule has 1 N–H and O–H groups in total. The van der Waals surface area contributed by atoms with Crippen LogP contribution >= 0.6 is 23.4 Å². The van der Waals surface area contributed by atoms with Crippen molar-refractivity contribution in [1.29, 1.82) is 0 Å². The van der Waals surface area contributed by atoms with Crippen LogP contribution in [0.2, 0.25) is 5.15 Å². The second kappa shape index (κ2) is 5.61. The molecule has 2 unspecified atom stereocenters. The number of halogens is 1. The third-order valence-electron chi connectivity index (χ3n) is 2.95. The van der Waals surface area contributed by atoms with Crippen molar-refractivity contribution >= 4 is 23.4 Å². The van der Waals surface area contributed by atoms with Gasteiger partial charge in [0.05, 0.1) is 24.5 Å². The van der Waals surface area contributed by atoms with Crippen LogP contribution in [0.25, 0.3) is 0 Å². The topological polar surface area (TPSA) is 47.3 Å². The zero-order chi connectivity index (χ0) is 12.4. The fraction of sp³-hybridized carbons (Fsp3) is 0.727. The summed E-state index contributed by atoms with van der Waals surface area (Å²) in [5.74, 6) is 1.86. The molecule has 0 bridgehead atoms. The highest BCUT2D eigenvalue weighted by atomic mass is 35.5. The molecule has 17 heavy (non-hydrogen) atoms. The number of aromatic nitrogens is 2. The molecule has 1 aliphatic heterocycles. The maximum absolute atomic E-state index is 10.2. The third-order valence-corrected chi connectivity index (χ3v) is 4.45. The van der Waals surface area contributed by atoms with Gasteiger partial charge in [-0.15, -0.1) is 0 Å². The molecule has 1 fully saturated rings. The summed E-state index contributed by atoms with van der Waals surface area (Å²) in [4.78, 5) is 0. The normalized spacial score (nSPS) is 22.7. The first-order valence-corrected chi connectivity index (χ1v) is 7.18. The number of hydrogen-bond acceptors (Lipinski definition) is 4. The van der Waals surface area contributed by atoms with Gasteiger partial charge in [0.15, 0.2) is 0 Å². The standard InChI is InChI=1S/C11H17ClN2O2S/c1-7-8(11(12)14(2)13-7)5-9(15)10-6-17-4-3-16-10/h9-10,15H,3-6H2,1-2H3. The smallest absolute Gasteiger partial charge is 0.130 e. The molecule has 0 amide bonds. The zero-order valence-corrected chi connectivity index (χ0v) is 11.6. The largest absolute Gasteiger partial charge is 0.390 e. The number of aryl methyl sites for hydroxylation is 2. The van der Waals surface area contributed by atoms with Crippen molar-refractivity contribution in [2.75, 3.05) is 18.1 Å². The van der Waals surface area contributed by atoms with E-state index in [0.29, 0.717) is 18.2 Å². The summed E-state index contributed by atoms with van der Waals surface area (Å²) in [6.07, 6.45) is -0.100. The lowest BCUT2D eigenvalue weighted by atomic mass is 10.1. The van der Waals surface area contributed by atoms with Crippen molar-refractivity contribution in [2.45, 2.75) is 25.6 Å². The van der Waals surface area contributed by atoms with E-state index in [2.05, 4.69) is 5.10 Å². The van der Waals surface area contributed by atoms with Gasteiger partial charge >= 0.3 is 0 Å². The first-order chi connectivity index (χ1) is 8.09. The summed E-state index contributed by atoms with van der Waals surface area (Å²) < 4.78 is 7.19. The average molecular weight is 277 g/mol. The van der Waals surface area contributed by atoms with Crippen LogP contribution in [0.15, 0.2) is 0 Å². The van der Waals surface area contributed by atoms with Crippen molar-refractivity contribution in [2.24, 2.45) is 7.05 Å². The number of rotatable bonds is 3. The molecule has 1 aromatic rings. The second-order valence-electron chi connectivity index (χ2n) is 4.23. The van der Waals surface area contributed by atoms with Crippen molar-refractivity contribution in [3.63, 3.8) is 0 Å². The van der Waals surface area contributed by atoms with Gasteiger partial charge in [-0.25, -0.2) is 0 Å². The number of ether oxygens (including phenoxy) is 1. The molecule has 0 aliphatic carbocycles. The van der Waals surface area contributed by atoms with E-state index in [1.165, 1.54) is 0 Å². The van der Waals surface area contributed by atoms with Crippen LogP contribution in [0, 0.1) is 6.92 Å². The number of aliphatic hydroxyl groups is 1. The molecule has 1 aromatic heterocycles. The fourth-order valence-electron chi connectivity index (χ4n) is 1.97. The summed E-state index contributed by atoms with van der Waals surface area (Å²) in [5, 5.41) is 15.0. The third kappa shape index (κ3) is 2.96. The van der Waals surface area contributed by atoms with E-state index in [1.54, 1.807) is 11.7 Å². The highest BCUT2D eigenvalue weighted by Gasteiger charge is 2.25. The van der Waals surface area contributed by atoms with Crippen LogP contribution in [0.5, 0.6) is 0 Å². The van der Waals surface area contributed by atoms with Crippen molar-refractivity contribution < 1.29 is 9.84 Å². The number of nitrogens with zero attached hydrogens (tertiary/aromatic N) is 2. The Morgan fingerprint density at radius 2 is 2.47 bits per heavy atom. The fourth-order valence-corrected chi connectivity index (χ4v) is 3.16. The Kier molecular flexibility index (Phi) is 4.36. The summed E-state index contributed by atoms with van der Waals surface area (Å²) in [5.41, 5.74) is 1.79. The first-order valence-electron chi connectivity index (χ1n) is 5.65. The maximum Gasteiger partial charge on any atom is 0.130 e. The maximum atomic E-state index is 10.2. The molecule has 0 saturated carbocycles. The van der Waals surface area contributed by atoms with E-state index in [9.17, 15) is 5.11 Å². The van der Waals surface area contributed by atoms with Gasteiger partial charge in [-0.1, -0.05) is 11.6 Å². The number of thioether (sulfide) groups is 1. The summed E-state index contributed by atoms with van der Waals surface area (Å²) in [7, 11) is 1.80. The van der Waals surface area contributed by atoms with E-state index in [4.69, 9.17) is 16.3 Å². The van der Waals surface area contributed by atoms with Crippen molar-refractivity contribution in [3.8, 4) is 0 Å². The SMILES string of the molecule is Cc1nn(C)c(Cl)c1CC(O)C1CSCCO1. The molecule has 0 aromatic carbocycles. The van der Waals surface area contributed by atoms with Gasteiger partial charge in [-0.3, -0.25) is 4.68 Å². The molecule has 0 radical (unpaired) electrons. The molecule has 6 heteroatoms. The summed E-state index contributed by atoms with van der Waals surface area (Å²) >= 11 is 7.96. The van der Waals surface area contributed by atoms with E-state index in [1.807, 2.05) is 18.7 Å². The van der Waals surface area contributed by atoms with Crippen LogP contribution in [-0.4, -0.2) is 45.2 Å². The molecule has 1 saturated heterocycles. The van der Waals surface area contributed by atoms with Crippen LogP contribution in [0.3, 0.4) is 0 Å². The van der Waals surface area contributed by atoms with Crippen LogP contribution < -0.4 is 0 Å². The molecular weight excluding hydrogens is 260 g/mol. The zero-order valence-electron chi connectivity index (χ0n) is 10.0. The lowest BCUT2D eigenvalue weighted by Gasteiger charge is -2.26. The van der Waals surface area contributed by atoms with Gasteiger partial charge < -0.3 is 9.84 Å². The summed E-state index contributed by atoms with van der Waals surface area (Å²) in [6.45, 7) is 2.62. The molecule has 1 aliphatic rings. The molecule has 2 atom stereocenters. The molecule has 0 spiro atoms. The van der Waals surface area contributed by atoms with Crippen molar-refractivity contribution in [3.05, 3.63) is 16.4 Å². The average Bonchev–Trinajstić information content (AvgIpc) is 2.57. The minimum Gasteiger partial charge on any atom is -0.390 e. The number of aliphatic hydroxyl groups excluding tert-OH is 1. The molecular formula is C11H17ClN2O2S. The highest BCUT2D eigenvalue weighted by molar-refractivity contribution is 7.99. The lowest BCUT2D eigenvalue weighted by Crippen LogP contribution is -2.36. The van der Waals surface area contributed by atoms with Crippen LogP contribution in [-0.2, 0) is 18.2 Å². The molecule has 96 valence electrons. The Morgan fingerprint density at radius 1 is 1.71 bits per heavy atom. The van der Waals surface area contributed by atoms with Crippen molar-refractivity contribution in [1.82, 2.24) is 9.78 Å².